The Morgan fingerprint density at radius 1 is 1.20 bits per heavy atom. The van der Waals surface area contributed by atoms with Gasteiger partial charge < -0.3 is 5.32 Å². The molecule has 2 rings (SSSR count). The molecule has 0 fully saturated rings. The maximum Gasteiger partial charge on any atom is 0.224 e. The third-order valence-electron chi connectivity index (χ3n) is 2.56. The zero-order valence-corrected chi connectivity index (χ0v) is 8.67. The minimum Gasteiger partial charge on any atom is -0.326 e. The minimum absolute atomic E-state index is 0.0742. The SMILES string of the molecule is Cc1ccc2c(c1)NC(=O)CCC(=O)C2. The molecule has 0 radical (unpaired) electrons. The quantitative estimate of drug-likeness (QED) is 0.699. The summed E-state index contributed by atoms with van der Waals surface area (Å²) in [5.74, 6) is 0.0600. The molecule has 1 aliphatic heterocycles. The second-order valence-corrected chi connectivity index (χ2v) is 3.92. The first-order valence-corrected chi connectivity index (χ1v) is 5.06. The van der Waals surface area contributed by atoms with Crippen LogP contribution in [0.4, 0.5) is 5.69 Å². The van der Waals surface area contributed by atoms with E-state index in [1.54, 1.807) is 0 Å². The van der Waals surface area contributed by atoms with Crippen LogP contribution in [0, 0.1) is 6.92 Å². The third-order valence-corrected chi connectivity index (χ3v) is 2.56. The molecule has 3 nitrogen and oxygen atoms in total. The highest BCUT2D eigenvalue weighted by Crippen LogP contribution is 2.21. The van der Waals surface area contributed by atoms with Crippen LogP contribution in [0.3, 0.4) is 0 Å². The molecule has 0 saturated carbocycles. The Morgan fingerprint density at radius 3 is 2.80 bits per heavy atom. The first-order chi connectivity index (χ1) is 7.15. The second-order valence-electron chi connectivity index (χ2n) is 3.92. The highest BCUT2D eigenvalue weighted by Gasteiger charge is 2.15. The van der Waals surface area contributed by atoms with Gasteiger partial charge in [0.1, 0.15) is 5.78 Å². The molecule has 1 aliphatic rings. The highest BCUT2D eigenvalue weighted by atomic mass is 16.2. The van der Waals surface area contributed by atoms with Crippen molar-refractivity contribution in [1.29, 1.82) is 0 Å². The lowest BCUT2D eigenvalue weighted by Crippen LogP contribution is -2.19. The lowest BCUT2D eigenvalue weighted by Gasteiger charge is -2.14. The van der Waals surface area contributed by atoms with Gasteiger partial charge in [-0.2, -0.15) is 0 Å². The number of carbonyl (C=O) groups excluding carboxylic acids is 2. The number of Topliss-reactive ketones (excluding diaryl/α,β-unsaturated/α-hetero) is 1. The monoisotopic (exact) mass is 203 g/mol. The molecule has 1 amide bonds. The predicted octanol–water partition coefficient (Wildman–Crippen LogP) is 1.84. The van der Waals surface area contributed by atoms with E-state index in [9.17, 15) is 9.59 Å². The van der Waals surface area contributed by atoms with Crippen molar-refractivity contribution in [2.24, 2.45) is 0 Å². The van der Waals surface area contributed by atoms with Crippen LogP contribution in [-0.4, -0.2) is 11.7 Å². The molecule has 1 aromatic carbocycles. The third kappa shape index (κ3) is 2.24. The van der Waals surface area contributed by atoms with Gasteiger partial charge >= 0.3 is 0 Å². The maximum atomic E-state index is 11.4. The van der Waals surface area contributed by atoms with Gasteiger partial charge in [0.15, 0.2) is 0 Å². The molecule has 3 heteroatoms. The fourth-order valence-electron chi connectivity index (χ4n) is 1.73. The smallest absolute Gasteiger partial charge is 0.224 e. The minimum atomic E-state index is -0.0742. The first-order valence-electron chi connectivity index (χ1n) is 5.06. The molecule has 0 bridgehead atoms. The largest absolute Gasteiger partial charge is 0.326 e. The number of ketones is 1. The Labute approximate surface area is 88.5 Å². The Bertz CT molecular complexity index is 424. The van der Waals surface area contributed by atoms with Crippen LogP contribution in [0.15, 0.2) is 18.2 Å². The molecule has 1 aromatic rings. The summed E-state index contributed by atoms with van der Waals surface area (Å²) in [6.07, 6.45) is 1.07. The van der Waals surface area contributed by atoms with Gasteiger partial charge in [0.2, 0.25) is 5.91 Å². The predicted molar refractivity (Wildman–Crippen MR) is 57.8 cm³/mol. The van der Waals surface area contributed by atoms with Crippen molar-refractivity contribution in [3.63, 3.8) is 0 Å². The number of rotatable bonds is 0. The van der Waals surface area contributed by atoms with Gasteiger partial charge in [-0.15, -0.1) is 0 Å². The molecular weight excluding hydrogens is 190 g/mol. The Balaban J connectivity index is 2.41. The van der Waals surface area contributed by atoms with Crippen LogP contribution in [0.2, 0.25) is 0 Å². The number of carbonyl (C=O) groups is 2. The molecule has 15 heavy (non-hydrogen) atoms. The van der Waals surface area contributed by atoms with E-state index < -0.39 is 0 Å². The Hall–Kier alpha value is -1.64. The van der Waals surface area contributed by atoms with Crippen molar-refractivity contribution in [2.75, 3.05) is 5.32 Å². The van der Waals surface area contributed by atoms with Gasteiger partial charge in [-0.3, -0.25) is 9.59 Å². The molecule has 0 saturated heterocycles. The molecule has 0 atom stereocenters. The number of anilines is 1. The van der Waals surface area contributed by atoms with Crippen LogP contribution in [0.5, 0.6) is 0 Å². The summed E-state index contributed by atoms with van der Waals surface area (Å²) in [6.45, 7) is 1.97. The van der Waals surface area contributed by atoms with Crippen LogP contribution in [-0.2, 0) is 16.0 Å². The van der Waals surface area contributed by atoms with E-state index in [0.29, 0.717) is 19.3 Å². The van der Waals surface area contributed by atoms with Crippen LogP contribution in [0.1, 0.15) is 24.0 Å². The average molecular weight is 203 g/mol. The van der Waals surface area contributed by atoms with Crippen molar-refractivity contribution >= 4 is 17.4 Å². The molecule has 0 aromatic heterocycles. The normalized spacial score (nSPS) is 16.3. The van der Waals surface area contributed by atoms with Gasteiger partial charge in [-0.05, 0) is 24.1 Å². The van der Waals surface area contributed by atoms with Crippen molar-refractivity contribution in [1.82, 2.24) is 0 Å². The van der Waals surface area contributed by atoms with E-state index in [1.807, 2.05) is 25.1 Å². The second kappa shape index (κ2) is 3.85. The summed E-state index contributed by atoms with van der Waals surface area (Å²) < 4.78 is 0. The van der Waals surface area contributed by atoms with E-state index in [4.69, 9.17) is 0 Å². The number of amides is 1. The summed E-state index contributed by atoms with van der Waals surface area (Å²) in [4.78, 5) is 22.8. The van der Waals surface area contributed by atoms with Gasteiger partial charge in [0.25, 0.3) is 0 Å². The van der Waals surface area contributed by atoms with Gasteiger partial charge in [-0.25, -0.2) is 0 Å². The summed E-state index contributed by atoms with van der Waals surface area (Å²) in [5, 5.41) is 2.83. The molecule has 78 valence electrons. The topological polar surface area (TPSA) is 46.2 Å². The van der Waals surface area contributed by atoms with Crippen molar-refractivity contribution in [2.45, 2.75) is 26.2 Å². The fourth-order valence-corrected chi connectivity index (χ4v) is 1.73. The number of nitrogens with one attached hydrogen (secondary N) is 1. The van der Waals surface area contributed by atoms with E-state index in [1.165, 1.54) is 0 Å². The lowest BCUT2D eigenvalue weighted by molar-refractivity contribution is -0.122. The first kappa shape index (κ1) is 9.90. The molecule has 1 N–H and O–H groups in total. The van der Waals surface area contributed by atoms with Gasteiger partial charge in [0.05, 0.1) is 0 Å². The standard InChI is InChI=1S/C12H13NO2/c1-8-2-3-9-7-10(14)4-5-12(15)13-11(9)6-8/h2-3,6H,4-5,7H2,1H3,(H,13,15). The molecule has 0 unspecified atom stereocenters. The molecular formula is C12H13NO2. The molecule has 0 spiro atoms. The van der Waals surface area contributed by atoms with Gasteiger partial charge in [0, 0.05) is 24.9 Å². The summed E-state index contributed by atoms with van der Waals surface area (Å²) in [6, 6.07) is 5.78. The zero-order chi connectivity index (χ0) is 10.8. The van der Waals surface area contributed by atoms with Crippen molar-refractivity contribution in [3.05, 3.63) is 29.3 Å². The number of fused-ring (bicyclic) bond motifs is 1. The lowest BCUT2D eigenvalue weighted by atomic mass is 10.00. The van der Waals surface area contributed by atoms with E-state index in [-0.39, 0.29) is 11.7 Å². The number of hydrogen-bond donors (Lipinski definition) is 1. The summed E-state index contributed by atoms with van der Waals surface area (Å²) in [5.41, 5.74) is 2.79. The van der Waals surface area contributed by atoms with Gasteiger partial charge in [-0.1, -0.05) is 12.1 Å². The summed E-state index contributed by atoms with van der Waals surface area (Å²) in [7, 11) is 0. The fraction of sp³-hybridized carbons (Fsp3) is 0.333. The van der Waals surface area contributed by atoms with Crippen molar-refractivity contribution < 1.29 is 9.59 Å². The average Bonchev–Trinajstić information content (AvgIpc) is 2.17. The Morgan fingerprint density at radius 2 is 2.00 bits per heavy atom. The van der Waals surface area contributed by atoms with E-state index >= 15 is 0 Å². The maximum absolute atomic E-state index is 11.4. The highest BCUT2D eigenvalue weighted by molar-refractivity contribution is 5.97. The van der Waals surface area contributed by atoms with E-state index in [2.05, 4.69) is 5.32 Å². The van der Waals surface area contributed by atoms with Crippen LogP contribution in [0.25, 0.3) is 0 Å². The van der Waals surface area contributed by atoms with E-state index in [0.717, 1.165) is 16.8 Å². The zero-order valence-electron chi connectivity index (χ0n) is 8.67. The summed E-state index contributed by atoms with van der Waals surface area (Å²) >= 11 is 0. The Kier molecular flexibility index (Phi) is 2.54. The van der Waals surface area contributed by atoms with Crippen LogP contribution >= 0.6 is 0 Å². The van der Waals surface area contributed by atoms with Crippen LogP contribution < -0.4 is 5.32 Å². The number of aryl methyl sites for hydroxylation is 1. The number of hydrogen-bond acceptors (Lipinski definition) is 2. The molecule has 0 aliphatic carbocycles. The van der Waals surface area contributed by atoms with Crippen molar-refractivity contribution in [3.8, 4) is 0 Å². The molecule has 1 heterocycles. The number of benzene rings is 1.